The van der Waals surface area contributed by atoms with Crippen molar-refractivity contribution < 1.29 is 30.0 Å². The van der Waals surface area contributed by atoms with Crippen LogP contribution in [0.4, 0.5) is 0 Å². The van der Waals surface area contributed by atoms with Crippen LogP contribution in [-0.2, 0) is 9.59 Å². The Bertz CT molecular complexity index is 133. The highest BCUT2D eigenvalue weighted by molar-refractivity contribution is 7.81. The average molecular weight is 246 g/mol. The lowest BCUT2D eigenvalue weighted by molar-refractivity contribution is -0.134. The zero-order chi connectivity index (χ0) is 12.1. The Labute approximate surface area is 92.4 Å². The number of hydrogen-bond acceptors (Lipinski definition) is 6. The summed E-state index contributed by atoms with van der Waals surface area (Å²) in [6, 6.07) is 0. The molecule has 0 amide bonds. The van der Waals surface area contributed by atoms with Gasteiger partial charge in [0, 0.05) is 0 Å². The molecule has 0 aliphatic carbocycles. The van der Waals surface area contributed by atoms with Crippen LogP contribution in [0.1, 0.15) is 6.92 Å². The molecule has 8 heteroatoms. The molecule has 0 heterocycles. The first-order chi connectivity index (χ1) is 6.27. The van der Waals surface area contributed by atoms with E-state index in [1.165, 1.54) is 6.92 Å². The number of carboxylic acid groups (broad SMARTS) is 2. The van der Waals surface area contributed by atoms with Crippen LogP contribution in [-0.4, -0.2) is 50.2 Å². The van der Waals surface area contributed by atoms with E-state index in [1.54, 1.807) is 0 Å². The summed E-state index contributed by atoms with van der Waals surface area (Å²) in [5, 5.41) is 30.5. The topological polar surface area (TPSA) is 115 Å². The second-order valence-corrected chi connectivity index (χ2v) is 2.37. The lowest BCUT2D eigenvalue weighted by Crippen LogP contribution is -1.92. The van der Waals surface area contributed by atoms with Crippen molar-refractivity contribution in [1.29, 1.82) is 0 Å². The Kier molecular flexibility index (Phi) is 20.6. The first-order valence-electron chi connectivity index (χ1n) is 3.29. The van der Waals surface area contributed by atoms with E-state index < -0.39 is 18.2 Å². The fraction of sp³-hybridized carbons (Fsp3) is 0.667. The van der Waals surface area contributed by atoms with Crippen LogP contribution < -0.4 is 0 Å². The summed E-state index contributed by atoms with van der Waals surface area (Å²) in [5.74, 6) is -1.93. The Morgan fingerprint density at radius 2 is 1.14 bits per heavy atom. The van der Waals surface area contributed by atoms with Gasteiger partial charge in [-0.2, -0.15) is 25.3 Å². The first-order valence-corrected chi connectivity index (χ1v) is 4.55. The highest BCUT2D eigenvalue weighted by Gasteiger charge is 1.82. The van der Waals surface area contributed by atoms with Gasteiger partial charge in [0.25, 0.3) is 0 Å². The van der Waals surface area contributed by atoms with E-state index in [0.717, 1.165) is 0 Å². The lowest BCUT2D eigenvalue weighted by Gasteiger charge is -1.80. The van der Waals surface area contributed by atoms with Gasteiger partial charge in [-0.15, -0.1) is 0 Å². The summed E-state index contributed by atoms with van der Waals surface area (Å²) in [4.78, 5) is 18.6. The molecule has 0 spiro atoms. The van der Waals surface area contributed by atoms with Crippen LogP contribution in [0, 0.1) is 0 Å². The van der Waals surface area contributed by atoms with Gasteiger partial charge in [0.2, 0.25) is 0 Å². The summed E-state index contributed by atoms with van der Waals surface area (Å²) in [6.07, 6.45) is -1.17. The van der Waals surface area contributed by atoms with Gasteiger partial charge in [0.1, 0.15) is 6.29 Å². The summed E-state index contributed by atoms with van der Waals surface area (Å²) in [7, 11) is 0. The maximum Gasteiger partial charge on any atom is 0.313 e. The third-order valence-electron chi connectivity index (χ3n) is 0.271. The molecule has 0 aliphatic heterocycles. The van der Waals surface area contributed by atoms with E-state index in [1.807, 2.05) is 0 Å². The summed E-state index contributed by atoms with van der Waals surface area (Å²) in [5.41, 5.74) is 0. The molecule has 0 aromatic rings. The van der Waals surface area contributed by atoms with Crippen molar-refractivity contribution in [2.24, 2.45) is 0 Å². The minimum Gasteiger partial charge on any atom is -0.481 e. The van der Waals surface area contributed by atoms with Crippen LogP contribution in [0.25, 0.3) is 0 Å². The van der Waals surface area contributed by atoms with Gasteiger partial charge in [0.05, 0.1) is 11.5 Å². The van der Waals surface area contributed by atoms with Crippen molar-refractivity contribution >= 4 is 37.2 Å². The number of carboxylic acids is 2. The summed E-state index contributed by atoms with van der Waals surface area (Å²) in [6.45, 7) is 1.28. The molecule has 14 heavy (non-hydrogen) atoms. The molecular formula is C6H14O6S2. The lowest BCUT2D eigenvalue weighted by atomic mass is 10.8. The number of carbonyl (C=O) groups is 2. The molecule has 6 nitrogen and oxygen atoms in total. The van der Waals surface area contributed by atoms with E-state index in [0.29, 0.717) is 0 Å². The van der Waals surface area contributed by atoms with Gasteiger partial charge in [0.15, 0.2) is 0 Å². The maximum atomic E-state index is 9.29. The van der Waals surface area contributed by atoms with Gasteiger partial charge < -0.3 is 20.4 Å². The number of thiol groups is 2. The normalized spacial score (nSPS) is 7.86. The molecule has 0 aromatic carbocycles. The predicted molar refractivity (Wildman–Crippen MR) is 56.9 cm³/mol. The van der Waals surface area contributed by atoms with Crippen LogP contribution in [0.15, 0.2) is 0 Å². The van der Waals surface area contributed by atoms with Crippen LogP contribution in [0.5, 0.6) is 0 Å². The molecule has 0 radical (unpaired) electrons. The highest BCUT2D eigenvalue weighted by Crippen LogP contribution is 1.66. The SMILES string of the molecule is CC(O)O.O=C(O)CS.O=C(O)CS. The second kappa shape index (κ2) is 15.1. The van der Waals surface area contributed by atoms with E-state index in [-0.39, 0.29) is 11.5 Å². The summed E-state index contributed by atoms with van der Waals surface area (Å²) < 4.78 is 0. The molecule has 86 valence electrons. The first kappa shape index (κ1) is 19.2. The highest BCUT2D eigenvalue weighted by atomic mass is 32.1. The van der Waals surface area contributed by atoms with Crippen LogP contribution >= 0.6 is 25.3 Å². The molecule has 0 aromatic heterocycles. The standard InChI is InChI=1S/2C2H4O2S.C2H6O2/c2*3-2(4)1-5;1-2(3)4/h2*5H,1H2,(H,3,4);2-4H,1H3. The zero-order valence-electron chi connectivity index (χ0n) is 7.49. The van der Waals surface area contributed by atoms with Crippen molar-refractivity contribution in [3.05, 3.63) is 0 Å². The number of aliphatic hydroxyl groups excluding tert-OH is 1. The Morgan fingerprint density at radius 1 is 1.07 bits per heavy atom. The van der Waals surface area contributed by atoms with E-state index in [4.69, 9.17) is 20.4 Å². The monoisotopic (exact) mass is 246 g/mol. The molecular weight excluding hydrogens is 232 g/mol. The van der Waals surface area contributed by atoms with Gasteiger partial charge in [-0.1, -0.05) is 0 Å². The van der Waals surface area contributed by atoms with Crippen LogP contribution in [0.2, 0.25) is 0 Å². The maximum absolute atomic E-state index is 9.29. The summed E-state index contributed by atoms with van der Waals surface area (Å²) >= 11 is 6.83. The van der Waals surface area contributed by atoms with E-state index >= 15 is 0 Å². The van der Waals surface area contributed by atoms with E-state index in [9.17, 15) is 9.59 Å². The molecule has 0 unspecified atom stereocenters. The third-order valence-corrected chi connectivity index (χ3v) is 0.812. The van der Waals surface area contributed by atoms with Gasteiger partial charge in [-0.3, -0.25) is 9.59 Å². The zero-order valence-corrected chi connectivity index (χ0v) is 9.28. The van der Waals surface area contributed by atoms with Crippen molar-refractivity contribution in [2.45, 2.75) is 13.2 Å². The van der Waals surface area contributed by atoms with Crippen molar-refractivity contribution in [3.63, 3.8) is 0 Å². The molecule has 0 fully saturated rings. The fourth-order valence-electron chi connectivity index (χ4n) is 0. The number of aliphatic carboxylic acids is 2. The van der Waals surface area contributed by atoms with Crippen molar-refractivity contribution in [3.8, 4) is 0 Å². The van der Waals surface area contributed by atoms with Gasteiger partial charge in [-0.25, -0.2) is 0 Å². The van der Waals surface area contributed by atoms with Crippen LogP contribution in [0.3, 0.4) is 0 Å². The number of rotatable bonds is 2. The van der Waals surface area contributed by atoms with Crippen molar-refractivity contribution in [1.82, 2.24) is 0 Å². The van der Waals surface area contributed by atoms with E-state index in [2.05, 4.69) is 25.3 Å². The minimum atomic E-state index is -1.17. The quantitative estimate of drug-likeness (QED) is 0.284. The molecule has 0 bridgehead atoms. The Balaban J connectivity index is -0.000000131. The predicted octanol–water partition coefficient (Wildman–Crippen LogP) is -0.681. The second-order valence-electron chi connectivity index (χ2n) is 1.74. The Morgan fingerprint density at radius 3 is 1.14 bits per heavy atom. The minimum absolute atomic E-state index is 0.0833. The smallest absolute Gasteiger partial charge is 0.313 e. The molecule has 0 saturated carbocycles. The van der Waals surface area contributed by atoms with Crippen molar-refractivity contribution in [2.75, 3.05) is 11.5 Å². The van der Waals surface area contributed by atoms with Gasteiger partial charge >= 0.3 is 11.9 Å². The number of hydrogen-bond donors (Lipinski definition) is 6. The number of aliphatic hydroxyl groups is 2. The largest absolute Gasteiger partial charge is 0.481 e. The average Bonchev–Trinajstić information content (AvgIpc) is 2.04. The molecule has 0 aliphatic rings. The molecule has 0 rings (SSSR count). The van der Waals surface area contributed by atoms with Gasteiger partial charge in [-0.05, 0) is 6.92 Å². The molecule has 0 saturated heterocycles. The molecule has 0 atom stereocenters. The Hall–Kier alpha value is -0.440. The third kappa shape index (κ3) is 102. The fourth-order valence-corrected chi connectivity index (χ4v) is 0. The molecule has 4 N–H and O–H groups in total.